The minimum Gasteiger partial charge on any atom is -0.550 e. The quantitative estimate of drug-likeness (QED) is 0.0315. The third-order valence-corrected chi connectivity index (χ3v) is 14.7. The summed E-state index contributed by atoms with van der Waals surface area (Å²) < 4.78 is 28.0. The molecule has 0 radical (unpaired) electrons. The summed E-state index contributed by atoms with van der Waals surface area (Å²) >= 11 is 0. The van der Waals surface area contributed by atoms with Gasteiger partial charge in [0.05, 0.1) is 24.4 Å². The summed E-state index contributed by atoms with van der Waals surface area (Å²) in [7, 11) is 0. The number of para-hydroxylation sites is 2. The predicted octanol–water partition coefficient (Wildman–Crippen LogP) is 9.60. The maximum Gasteiger partial charge on any atom is 2.00 e. The number of hydrogen-bond donors (Lipinski definition) is 6. The average molecular weight is 1150 g/mol. The zero-order valence-electron chi connectivity index (χ0n) is 47.1. The minimum absolute atomic E-state index is 0. The number of rotatable bonds is 24. The molecule has 2 amide bonds. The Labute approximate surface area is 514 Å². The number of aliphatic carboxylic acids is 2. The molecule has 0 saturated heterocycles. The molecule has 6 atom stereocenters. The number of anilines is 2. The van der Waals surface area contributed by atoms with Crippen molar-refractivity contribution in [1.29, 1.82) is 0 Å². The number of amides is 2. The van der Waals surface area contributed by atoms with Crippen LogP contribution in [0.5, 0.6) is 0 Å². The molecule has 0 fully saturated rings. The second kappa shape index (κ2) is 31.1. The van der Waals surface area contributed by atoms with E-state index in [9.17, 15) is 58.6 Å². The molecule has 6 N–H and O–H groups in total. The van der Waals surface area contributed by atoms with Gasteiger partial charge in [-0.2, -0.15) is 0 Å². The number of carbonyl (C=O) groups is 4. The van der Waals surface area contributed by atoms with E-state index in [1.807, 2.05) is 149 Å². The fourth-order valence-corrected chi connectivity index (χ4v) is 11.4. The van der Waals surface area contributed by atoms with Crippen LogP contribution in [0.25, 0.3) is 22.3 Å². The van der Waals surface area contributed by atoms with Gasteiger partial charge < -0.3 is 50.9 Å². The number of halogens is 2. The van der Waals surface area contributed by atoms with E-state index in [1.54, 1.807) is 24.3 Å². The van der Waals surface area contributed by atoms with E-state index in [0.717, 1.165) is 55.7 Å². The van der Waals surface area contributed by atoms with Gasteiger partial charge in [0.25, 0.3) is 11.8 Å². The molecule has 0 aliphatic heterocycles. The smallest absolute Gasteiger partial charge is 0.550 e. The van der Waals surface area contributed by atoms with Gasteiger partial charge >= 0.3 is 37.7 Å². The normalized spacial score (nSPS) is 16.5. The largest absolute Gasteiger partial charge is 2.00 e. The molecule has 0 spiro atoms. The summed E-state index contributed by atoms with van der Waals surface area (Å²) in [5, 5.41) is 69.4. The van der Waals surface area contributed by atoms with Crippen molar-refractivity contribution >= 4 is 95.2 Å². The van der Waals surface area contributed by atoms with Gasteiger partial charge in [-0.25, -0.2) is 8.78 Å². The molecule has 12 nitrogen and oxygen atoms in total. The Morgan fingerprint density at radius 2 is 0.747 bits per heavy atom. The Hall–Kier alpha value is -6.88. The van der Waals surface area contributed by atoms with Gasteiger partial charge in [-0.3, -0.25) is 9.59 Å². The monoisotopic (exact) mass is 1150 g/mol. The molecule has 6 aromatic carbocycles. The molecule has 8 rings (SSSR count). The molecule has 6 aromatic rings. The van der Waals surface area contributed by atoms with Crippen molar-refractivity contribution in [3.05, 3.63) is 226 Å². The third-order valence-electron chi connectivity index (χ3n) is 14.7. The topological polar surface area (TPSA) is 219 Å². The molecule has 15 heteroatoms. The Morgan fingerprint density at radius 1 is 0.446 bits per heavy atom. The van der Waals surface area contributed by atoms with Crippen LogP contribution in [0.2, 0.25) is 0 Å². The average Bonchev–Trinajstić information content (AvgIpc) is 3.14. The van der Waals surface area contributed by atoms with E-state index in [0.29, 0.717) is 35.4 Å². The zero-order valence-corrected chi connectivity index (χ0v) is 49.4. The van der Waals surface area contributed by atoms with E-state index >= 15 is 0 Å². The van der Waals surface area contributed by atoms with Crippen LogP contribution in [0.3, 0.4) is 0 Å². The second-order valence-electron chi connectivity index (χ2n) is 21.4. The zero-order chi connectivity index (χ0) is 59.0. The number of carbonyl (C=O) groups excluding carboxylic acids is 4. The molecule has 2 aliphatic rings. The molecular weight excluding hydrogens is 1080 g/mol. The van der Waals surface area contributed by atoms with E-state index < -0.39 is 49.2 Å². The van der Waals surface area contributed by atoms with Crippen molar-refractivity contribution < 1.29 is 58.6 Å². The van der Waals surface area contributed by atoms with Crippen LogP contribution >= 0.6 is 0 Å². The Morgan fingerprint density at radius 3 is 1.04 bits per heavy atom. The van der Waals surface area contributed by atoms with Crippen molar-refractivity contribution in [3.8, 4) is 0 Å². The number of nitrogens with one attached hydrogen (secondary N) is 2. The van der Waals surface area contributed by atoms with E-state index in [1.165, 1.54) is 24.3 Å². The molecule has 0 heterocycles. The fourth-order valence-electron chi connectivity index (χ4n) is 11.4. The van der Waals surface area contributed by atoms with Crippen LogP contribution in [-0.2, 0) is 19.2 Å². The predicted molar refractivity (Wildman–Crippen MR) is 317 cm³/mol. The van der Waals surface area contributed by atoms with Gasteiger partial charge in [0.2, 0.25) is 0 Å². The van der Waals surface area contributed by atoms with E-state index in [4.69, 9.17) is 0 Å². The molecule has 0 saturated carbocycles. The number of hydrogen-bond acceptors (Lipinski definition) is 10. The Balaban J connectivity index is 0.000000263. The van der Waals surface area contributed by atoms with Gasteiger partial charge in [0.15, 0.2) is 0 Å². The number of carboxylic acids is 2. The van der Waals surface area contributed by atoms with Crippen molar-refractivity contribution in [2.45, 2.75) is 103 Å². The van der Waals surface area contributed by atoms with E-state index in [2.05, 4.69) is 10.6 Å². The maximum absolute atomic E-state index is 14.1. The number of aliphatic hydroxyl groups excluding tert-OH is 4. The van der Waals surface area contributed by atoms with Crippen LogP contribution in [-0.4, -0.2) is 106 Å². The fraction of sp³-hybridized carbons (Fsp3) is 0.294. The third kappa shape index (κ3) is 17.6. The number of benzene rings is 6. The standard InChI is InChI=1S/2C34H36FNO5.Ca/c2*1-21(2)30-28(18-17-26(37)19-27(38)20-29(39)40)31(23-13-15-24(35)16-14-23)32(22-9-5-3-6-10-22)33(30)34(41)36-25-11-7-4-8-12-25;/h2*3-16,21,26-28,37-38H,17-20H2,1-2H3,(H,36,41)(H,39,40);/q;;+2/p-2/t2*26-,27-,28?;/m11./s1. The Bertz CT molecular complexity index is 3060. The number of carboxylic acid groups (broad SMARTS) is 2. The first-order chi connectivity index (χ1) is 39.3. The van der Waals surface area contributed by atoms with Crippen molar-refractivity contribution in [1.82, 2.24) is 0 Å². The van der Waals surface area contributed by atoms with Gasteiger partial charge in [0.1, 0.15) is 11.6 Å². The van der Waals surface area contributed by atoms with Crippen LogP contribution in [0.4, 0.5) is 20.2 Å². The first-order valence-corrected chi connectivity index (χ1v) is 27.8. The SMILES string of the molecule is CC(C)C1=C(C(=O)Nc2ccccc2)C(c2ccccc2)=C(c2ccc(F)cc2)C1CC[C@@H](O)C[C@@H](O)CC(=O)[O-].CC(C)C1=C(C(=O)Nc2ccccc2)C(c2ccccc2)=C(c2ccc(F)cc2)C1CC[C@@H](O)C[C@@H](O)CC(=O)[O-].[Ca+2]. The summed E-state index contributed by atoms with van der Waals surface area (Å²) in [5.41, 5.74) is 10.7. The summed E-state index contributed by atoms with van der Waals surface area (Å²) in [6, 6.07) is 50.0. The summed E-state index contributed by atoms with van der Waals surface area (Å²) in [6.07, 6.45) is -4.33. The van der Waals surface area contributed by atoms with Crippen LogP contribution in [0.15, 0.2) is 192 Å². The van der Waals surface area contributed by atoms with Gasteiger partial charge in [-0.1, -0.05) is 149 Å². The van der Waals surface area contributed by atoms with Crippen LogP contribution in [0, 0.1) is 35.3 Å². The van der Waals surface area contributed by atoms with Gasteiger partial charge in [-0.05, 0) is 155 Å². The molecule has 83 heavy (non-hydrogen) atoms. The van der Waals surface area contributed by atoms with Crippen LogP contribution < -0.4 is 20.8 Å². The molecule has 0 bridgehead atoms. The molecule has 2 aliphatic carbocycles. The second-order valence-corrected chi connectivity index (χ2v) is 21.4. The molecule has 2 unspecified atom stereocenters. The van der Waals surface area contributed by atoms with Crippen molar-refractivity contribution in [2.75, 3.05) is 10.6 Å². The number of allylic oxidation sites excluding steroid dienone is 4. The van der Waals surface area contributed by atoms with Crippen molar-refractivity contribution in [2.24, 2.45) is 23.7 Å². The van der Waals surface area contributed by atoms with Crippen molar-refractivity contribution in [3.63, 3.8) is 0 Å². The maximum atomic E-state index is 14.1. The number of aliphatic hydroxyl groups is 4. The van der Waals surface area contributed by atoms with E-state index in [-0.39, 0.29) is 111 Å². The summed E-state index contributed by atoms with van der Waals surface area (Å²) in [6.45, 7) is 8.09. The first-order valence-electron chi connectivity index (χ1n) is 27.8. The summed E-state index contributed by atoms with van der Waals surface area (Å²) in [5.74, 6) is -4.70. The van der Waals surface area contributed by atoms with Gasteiger partial charge in [0, 0.05) is 59.1 Å². The van der Waals surface area contributed by atoms with Crippen LogP contribution in [0.1, 0.15) is 101 Å². The first kappa shape index (κ1) is 65.3. The Kier molecular flexibility index (Phi) is 24.5. The molecule has 0 aromatic heterocycles. The minimum atomic E-state index is -1.38. The molecular formula is C68H70CaF2N2O10. The summed E-state index contributed by atoms with van der Waals surface area (Å²) in [4.78, 5) is 49.9. The van der Waals surface area contributed by atoms with Gasteiger partial charge in [-0.15, -0.1) is 0 Å². The molecule has 428 valence electrons.